The number of likely N-dealkylation sites (N-methyl/N-ethyl adjacent to an activating group) is 1. The minimum atomic E-state index is -3.99. The summed E-state index contributed by atoms with van der Waals surface area (Å²) in [6, 6.07) is 23.6. The van der Waals surface area contributed by atoms with E-state index >= 15 is 0 Å². The molecule has 5 rings (SSSR count). The monoisotopic (exact) mass is 530 g/mol. The number of hydrogen-bond acceptors (Lipinski definition) is 5. The maximum Gasteiger partial charge on any atom is 0.312 e. The summed E-state index contributed by atoms with van der Waals surface area (Å²) in [5.41, 5.74) is 2.90. The van der Waals surface area contributed by atoms with Gasteiger partial charge in [0, 0.05) is 25.0 Å². The molecule has 0 aromatic heterocycles. The lowest BCUT2D eigenvalue weighted by Gasteiger charge is -2.28. The molecular formula is C30H30N2O5S. The Morgan fingerprint density at radius 1 is 0.974 bits per heavy atom. The Labute approximate surface area is 223 Å². The highest BCUT2D eigenvalue weighted by molar-refractivity contribution is 7.89. The highest BCUT2D eigenvalue weighted by atomic mass is 32.2. The van der Waals surface area contributed by atoms with Crippen molar-refractivity contribution in [3.8, 4) is 0 Å². The maximum atomic E-state index is 13.9. The maximum absolute atomic E-state index is 13.9. The summed E-state index contributed by atoms with van der Waals surface area (Å²) in [6.45, 7) is 2.04. The van der Waals surface area contributed by atoms with Gasteiger partial charge in [0.15, 0.2) is 0 Å². The minimum absolute atomic E-state index is 0.0575. The molecule has 1 spiro atoms. The number of sulfonamides is 1. The van der Waals surface area contributed by atoms with Crippen molar-refractivity contribution in [2.75, 3.05) is 18.5 Å². The lowest BCUT2D eigenvalue weighted by molar-refractivity contribution is -0.144. The molecule has 0 saturated carbocycles. The molecule has 0 radical (unpaired) electrons. The molecule has 1 amide bonds. The topological polar surface area (TPSA) is 84.0 Å². The molecule has 0 bridgehead atoms. The number of aryl methyl sites for hydroxylation is 1. The largest absolute Gasteiger partial charge is 0.461 e. The average Bonchev–Trinajstić information content (AvgIpc) is 3.03. The van der Waals surface area contributed by atoms with Gasteiger partial charge in [0.05, 0.1) is 16.7 Å². The van der Waals surface area contributed by atoms with E-state index < -0.39 is 21.4 Å². The van der Waals surface area contributed by atoms with Gasteiger partial charge in [0.1, 0.15) is 6.61 Å². The number of fused-ring (bicyclic) bond motifs is 2. The second-order valence-electron chi connectivity index (χ2n) is 9.83. The quantitative estimate of drug-likeness (QED) is 0.431. The zero-order valence-electron chi connectivity index (χ0n) is 21.5. The zero-order valence-corrected chi connectivity index (χ0v) is 22.3. The van der Waals surface area contributed by atoms with Gasteiger partial charge in [-0.3, -0.25) is 13.9 Å². The van der Waals surface area contributed by atoms with Gasteiger partial charge in [-0.2, -0.15) is 0 Å². The highest BCUT2D eigenvalue weighted by Gasteiger charge is 2.50. The zero-order chi connectivity index (χ0) is 26.9. The number of amides is 1. The van der Waals surface area contributed by atoms with Crippen LogP contribution in [0.2, 0.25) is 0 Å². The van der Waals surface area contributed by atoms with Crippen molar-refractivity contribution in [3.63, 3.8) is 0 Å². The third-order valence-electron chi connectivity index (χ3n) is 7.42. The van der Waals surface area contributed by atoms with Crippen LogP contribution in [0.15, 0.2) is 95.5 Å². The van der Waals surface area contributed by atoms with E-state index in [9.17, 15) is 18.0 Å². The number of para-hydroxylation sites is 1. The number of esters is 1. The number of carbonyl (C=O) groups excluding carboxylic acids is 2. The number of nitrogens with zero attached hydrogens (tertiary/aromatic N) is 2. The van der Waals surface area contributed by atoms with E-state index in [2.05, 4.69) is 0 Å². The summed E-state index contributed by atoms with van der Waals surface area (Å²) in [6.07, 6.45) is 2.09. The van der Waals surface area contributed by atoms with E-state index in [-0.39, 0.29) is 43.2 Å². The summed E-state index contributed by atoms with van der Waals surface area (Å²) in [5, 5.41) is 0. The summed E-state index contributed by atoms with van der Waals surface area (Å²) in [4.78, 5) is 28.3. The van der Waals surface area contributed by atoms with Crippen molar-refractivity contribution >= 4 is 27.6 Å². The predicted molar refractivity (Wildman–Crippen MR) is 145 cm³/mol. The van der Waals surface area contributed by atoms with Crippen LogP contribution in [0.1, 0.15) is 36.0 Å². The molecule has 38 heavy (non-hydrogen) atoms. The number of hydrogen-bond donors (Lipinski definition) is 0. The first kappa shape index (κ1) is 25.7. The average molecular weight is 531 g/mol. The Balaban J connectivity index is 1.49. The first-order valence-corrected chi connectivity index (χ1v) is 14.0. The molecule has 196 valence electrons. The van der Waals surface area contributed by atoms with Crippen LogP contribution in [0, 0.1) is 6.92 Å². The highest BCUT2D eigenvalue weighted by Crippen LogP contribution is 2.48. The Bertz CT molecular complexity index is 1500. The van der Waals surface area contributed by atoms with Crippen molar-refractivity contribution in [2.45, 2.75) is 43.1 Å². The normalized spacial score (nSPS) is 19.2. The molecule has 2 aliphatic rings. The van der Waals surface area contributed by atoms with Crippen LogP contribution in [-0.2, 0) is 36.4 Å². The fourth-order valence-corrected chi connectivity index (χ4v) is 6.81. The molecule has 7 nitrogen and oxygen atoms in total. The number of benzene rings is 3. The number of allylic oxidation sites excluding steroid dienone is 1. The molecule has 0 aliphatic carbocycles. The van der Waals surface area contributed by atoms with Gasteiger partial charge in [-0.15, -0.1) is 0 Å². The summed E-state index contributed by atoms with van der Waals surface area (Å²) in [5.74, 6) is -0.606. The van der Waals surface area contributed by atoms with Crippen LogP contribution in [0.5, 0.6) is 0 Å². The van der Waals surface area contributed by atoms with Crippen LogP contribution in [0.25, 0.3) is 0 Å². The summed E-state index contributed by atoms with van der Waals surface area (Å²) < 4.78 is 34.5. The Morgan fingerprint density at radius 2 is 1.66 bits per heavy atom. The summed E-state index contributed by atoms with van der Waals surface area (Å²) in [7, 11) is -2.24. The molecule has 1 unspecified atom stereocenters. The Morgan fingerprint density at radius 3 is 2.39 bits per heavy atom. The van der Waals surface area contributed by atoms with Crippen LogP contribution < -0.4 is 4.90 Å². The number of carbonyl (C=O) groups is 2. The van der Waals surface area contributed by atoms with Crippen molar-refractivity contribution in [3.05, 3.63) is 107 Å². The van der Waals surface area contributed by atoms with Gasteiger partial charge < -0.3 is 9.64 Å². The number of anilines is 1. The van der Waals surface area contributed by atoms with Crippen molar-refractivity contribution in [1.29, 1.82) is 0 Å². The van der Waals surface area contributed by atoms with Gasteiger partial charge in [0.25, 0.3) is 10.0 Å². The minimum Gasteiger partial charge on any atom is -0.461 e. The molecule has 0 fully saturated rings. The van der Waals surface area contributed by atoms with Crippen LogP contribution in [-0.4, -0.2) is 38.2 Å². The van der Waals surface area contributed by atoms with E-state index in [0.29, 0.717) is 5.70 Å². The van der Waals surface area contributed by atoms with Crippen molar-refractivity contribution in [2.24, 2.45) is 0 Å². The molecule has 2 aliphatic heterocycles. The summed E-state index contributed by atoms with van der Waals surface area (Å²) >= 11 is 0. The molecule has 0 N–H and O–H groups in total. The van der Waals surface area contributed by atoms with Gasteiger partial charge >= 0.3 is 5.97 Å². The molecule has 0 saturated heterocycles. The first-order valence-electron chi connectivity index (χ1n) is 12.6. The lowest BCUT2D eigenvalue weighted by Crippen LogP contribution is -2.40. The van der Waals surface area contributed by atoms with Crippen LogP contribution >= 0.6 is 0 Å². The van der Waals surface area contributed by atoms with Crippen LogP contribution in [0.4, 0.5) is 5.69 Å². The fourth-order valence-electron chi connectivity index (χ4n) is 5.30. The first-order chi connectivity index (χ1) is 18.2. The molecule has 8 heteroatoms. The number of rotatable bonds is 6. The molecule has 3 aromatic rings. The molecular weight excluding hydrogens is 500 g/mol. The molecule has 3 aromatic carbocycles. The van der Waals surface area contributed by atoms with Gasteiger partial charge in [0.2, 0.25) is 5.91 Å². The van der Waals surface area contributed by atoms with E-state index in [1.165, 1.54) is 4.31 Å². The number of ether oxygens (including phenoxy) is 1. The molecule has 1 atom stereocenters. The Hall–Kier alpha value is -3.91. The van der Waals surface area contributed by atoms with Crippen LogP contribution in [0.3, 0.4) is 0 Å². The van der Waals surface area contributed by atoms with Gasteiger partial charge in [-0.05, 0) is 49.1 Å². The second kappa shape index (κ2) is 10.1. The van der Waals surface area contributed by atoms with Gasteiger partial charge in [-0.25, -0.2) is 8.42 Å². The fraction of sp³-hybridized carbons (Fsp3) is 0.267. The second-order valence-corrected chi connectivity index (χ2v) is 11.7. The van der Waals surface area contributed by atoms with Crippen molar-refractivity contribution < 1.29 is 22.7 Å². The molecule has 2 heterocycles. The third kappa shape index (κ3) is 4.60. The lowest BCUT2D eigenvalue weighted by atomic mass is 9.76. The van der Waals surface area contributed by atoms with E-state index in [1.807, 2.05) is 61.5 Å². The van der Waals surface area contributed by atoms with Crippen molar-refractivity contribution in [1.82, 2.24) is 4.31 Å². The third-order valence-corrected chi connectivity index (χ3v) is 9.29. The van der Waals surface area contributed by atoms with Gasteiger partial charge in [-0.1, -0.05) is 72.3 Å². The smallest absolute Gasteiger partial charge is 0.312 e. The SMILES string of the molecule is Cc1ccc(S(=O)(=O)N2CCC3(CC=C2CC(=O)OCc2ccccc2)C(=O)N(C)c2ccccc23)cc1. The van der Waals surface area contributed by atoms with E-state index in [0.717, 1.165) is 22.4 Å². The van der Waals surface area contributed by atoms with E-state index in [4.69, 9.17) is 4.74 Å². The Kier molecular flexibility index (Phi) is 6.84. The van der Waals surface area contributed by atoms with E-state index in [1.54, 1.807) is 42.3 Å². The predicted octanol–water partition coefficient (Wildman–Crippen LogP) is 4.71. The standard InChI is InChI=1S/C30H30N2O5S/c1-22-12-14-25(15-13-22)38(35,36)32-19-18-30(26-10-6-7-11-27(26)31(2)29(30)34)17-16-24(32)20-28(33)37-21-23-8-4-3-5-9-23/h3-16H,17-21H2,1-2H3.